The summed E-state index contributed by atoms with van der Waals surface area (Å²) in [5.41, 5.74) is 6.80. The van der Waals surface area contributed by atoms with Crippen LogP contribution in [0.4, 0.5) is 0 Å². The summed E-state index contributed by atoms with van der Waals surface area (Å²) >= 11 is 5.66. The van der Waals surface area contributed by atoms with E-state index in [9.17, 15) is 4.79 Å². The molecule has 2 N–H and O–H groups in total. The van der Waals surface area contributed by atoms with Gasteiger partial charge in [0.05, 0.1) is 5.56 Å². The van der Waals surface area contributed by atoms with Gasteiger partial charge in [0.2, 0.25) is 0 Å². The number of rotatable bonds is 1. The number of hydrogen-bond donors (Lipinski definition) is 1. The van der Waals surface area contributed by atoms with Crippen LogP contribution in [0.2, 0.25) is 5.15 Å². The second-order valence-electron chi connectivity index (χ2n) is 2.39. The zero-order valence-electron chi connectivity index (χ0n) is 7.97. The molecule has 0 aliphatic rings. The molecule has 4 heteroatoms. The lowest BCUT2D eigenvalue weighted by Gasteiger charge is -2.00. The van der Waals surface area contributed by atoms with Gasteiger partial charge in [-0.15, -0.1) is 0 Å². The van der Waals surface area contributed by atoms with E-state index in [4.69, 9.17) is 11.6 Å². The van der Waals surface area contributed by atoms with Crippen molar-refractivity contribution in [2.24, 2.45) is 5.73 Å². The molecule has 0 radical (unpaired) electrons. The topological polar surface area (TPSA) is 56.0 Å². The number of nitrogens with zero attached hydrogens (tertiary/aromatic N) is 1. The molecule has 1 rings (SSSR count). The first-order valence-corrected chi connectivity index (χ1v) is 4.19. The fourth-order valence-corrected chi connectivity index (χ4v) is 1.01. The third-order valence-corrected chi connectivity index (χ3v) is 1.88. The summed E-state index contributed by atoms with van der Waals surface area (Å²) < 4.78 is 0. The predicted octanol–water partition coefficient (Wildman–Crippen LogP) is 1.74. The Hall–Kier alpha value is -0.930. The van der Waals surface area contributed by atoms with Crippen LogP contribution in [0, 0.1) is 13.8 Å². The minimum atomic E-state index is 0.281. The predicted molar refractivity (Wildman–Crippen MR) is 54.2 cm³/mol. The maximum Gasteiger partial charge on any atom is 0.153 e. The van der Waals surface area contributed by atoms with Crippen LogP contribution in [0.1, 0.15) is 21.6 Å². The zero-order chi connectivity index (χ0) is 10.4. The summed E-state index contributed by atoms with van der Waals surface area (Å²) in [6.07, 6.45) is 0.710. The van der Waals surface area contributed by atoms with E-state index in [0.29, 0.717) is 11.8 Å². The van der Waals surface area contributed by atoms with Crippen LogP contribution in [-0.4, -0.2) is 18.3 Å². The van der Waals surface area contributed by atoms with Gasteiger partial charge in [-0.2, -0.15) is 0 Å². The van der Waals surface area contributed by atoms with Crippen molar-refractivity contribution in [2.75, 3.05) is 7.05 Å². The van der Waals surface area contributed by atoms with Gasteiger partial charge in [0.25, 0.3) is 0 Å². The smallest absolute Gasteiger partial charge is 0.153 e. The van der Waals surface area contributed by atoms with Crippen molar-refractivity contribution in [1.29, 1.82) is 0 Å². The van der Waals surface area contributed by atoms with Crippen LogP contribution in [0.15, 0.2) is 6.07 Å². The fraction of sp³-hybridized carbons (Fsp3) is 0.333. The zero-order valence-corrected chi connectivity index (χ0v) is 8.72. The molecule has 3 nitrogen and oxygen atoms in total. The van der Waals surface area contributed by atoms with Crippen LogP contribution in [0.25, 0.3) is 0 Å². The number of nitrogens with two attached hydrogens (primary N) is 1. The molecule has 0 spiro atoms. The van der Waals surface area contributed by atoms with Gasteiger partial charge in [0, 0.05) is 5.69 Å². The Morgan fingerprint density at radius 2 is 2.00 bits per heavy atom. The maximum absolute atomic E-state index is 10.4. The molecule has 0 saturated heterocycles. The highest BCUT2D eigenvalue weighted by Gasteiger charge is 2.02. The van der Waals surface area contributed by atoms with E-state index in [2.05, 4.69) is 10.7 Å². The Morgan fingerprint density at radius 1 is 1.46 bits per heavy atom. The molecular formula is C9H13ClN2O. The van der Waals surface area contributed by atoms with Gasteiger partial charge in [0.15, 0.2) is 6.29 Å². The summed E-state index contributed by atoms with van der Waals surface area (Å²) in [5.74, 6) is 0. The molecule has 0 fully saturated rings. The van der Waals surface area contributed by atoms with E-state index in [1.165, 1.54) is 7.05 Å². The largest absolute Gasteiger partial charge is 0.333 e. The molecule has 0 amide bonds. The first kappa shape index (κ1) is 12.1. The van der Waals surface area contributed by atoms with Gasteiger partial charge < -0.3 is 5.73 Å². The Morgan fingerprint density at radius 3 is 2.46 bits per heavy atom. The van der Waals surface area contributed by atoms with Gasteiger partial charge >= 0.3 is 0 Å². The van der Waals surface area contributed by atoms with Gasteiger partial charge in [0.1, 0.15) is 5.15 Å². The molecule has 0 unspecified atom stereocenters. The van der Waals surface area contributed by atoms with Gasteiger partial charge in [-0.3, -0.25) is 4.79 Å². The first-order chi connectivity index (χ1) is 6.15. The SMILES string of the molecule is CN.Cc1cc(C=O)c(Cl)nc1C. The van der Waals surface area contributed by atoms with Gasteiger partial charge in [-0.25, -0.2) is 4.98 Å². The Balaban J connectivity index is 0.000000671. The second kappa shape index (κ2) is 5.67. The van der Waals surface area contributed by atoms with E-state index in [0.717, 1.165) is 11.3 Å². The minimum Gasteiger partial charge on any atom is -0.333 e. The molecule has 1 aromatic rings. The molecule has 1 aromatic heterocycles. The lowest BCUT2D eigenvalue weighted by atomic mass is 10.2. The van der Waals surface area contributed by atoms with E-state index in [-0.39, 0.29) is 5.15 Å². The Kier molecular flexibility index (Phi) is 5.26. The van der Waals surface area contributed by atoms with E-state index in [1.807, 2.05) is 13.8 Å². The standard InChI is InChI=1S/C8H8ClNO.CH5N/c1-5-3-7(4-11)8(9)10-6(5)2;1-2/h3-4H,1-2H3;2H2,1H3. The number of aromatic nitrogens is 1. The fourth-order valence-electron chi connectivity index (χ4n) is 0.780. The monoisotopic (exact) mass is 200 g/mol. The van der Waals surface area contributed by atoms with Gasteiger partial charge in [-0.05, 0) is 32.5 Å². The number of pyridine rings is 1. The van der Waals surface area contributed by atoms with Crippen molar-refractivity contribution in [1.82, 2.24) is 4.98 Å². The number of carbonyl (C=O) groups excluding carboxylic acids is 1. The van der Waals surface area contributed by atoms with Crippen molar-refractivity contribution < 1.29 is 4.79 Å². The Labute approximate surface area is 82.9 Å². The number of hydrogen-bond acceptors (Lipinski definition) is 3. The van der Waals surface area contributed by atoms with E-state index >= 15 is 0 Å². The summed E-state index contributed by atoms with van der Waals surface area (Å²) in [5, 5.41) is 0.281. The van der Waals surface area contributed by atoms with Crippen molar-refractivity contribution in [3.05, 3.63) is 28.0 Å². The quantitative estimate of drug-likeness (QED) is 0.555. The van der Waals surface area contributed by atoms with Crippen molar-refractivity contribution in [3.63, 3.8) is 0 Å². The minimum absolute atomic E-state index is 0.281. The van der Waals surface area contributed by atoms with E-state index in [1.54, 1.807) is 6.07 Å². The summed E-state index contributed by atoms with van der Waals surface area (Å²) in [6, 6.07) is 1.73. The summed E-state index contributed by atoms with van der Waals surface area (Å²) in [4.78, 5) is 14.3. The molecule has 0 aliphatic carbocycles. The lowest BCUT2D eigenvalue weighted by Crippen LogP contribution is -1.92. The molecule has 1 heterocycles. The van der Waals surface area contributed by atoms with Crippen LogP contribution in [0.5, 0.6) is 0 Å². The average molecular weight is 201 g/mol. The molecule has 0 atom stereocenters. The van der Waals surface area contributed by atoms with Gasteiger partial charge in [-0.1, -0.05) is 11.6 Å². The highest BCUT2D eigenvalue weighted by molar-refractivity contribution is 6.31. The van der Waals surface area contributed by atoms with Crippen molar-refractivity contribution in [3.8, 4) is 0 Å². The van der Waals surface area contributed by atoms with Crippen LogP contribution in [0.3, 0.4) is 0 Å². The highest BCUT2D eigenvalue weighted by Crippen LogP contribution is 2.14. The lowest BCUT2D eigenvalue weighted by molar-refractivity contribution is 0.112. The number of aryl methyl sites for hydroxylation is 2. The third-order valence-electron chi connectivity index (χ3n) is 1.57. The van der Waals surface area contributed by atoms with Crippen LogP contribution in [-0.2, 0) is 0 Å². The Bertz CT molecular complexity index is 300. The molecule has 13 heavy (non-hydrogen) atoms. The second-order valence-corrected chi connectivity index (χ2v) is 2.75. The highest BCUT2D eigenvalue weighted by atomic mass is 35.5. The number of aldehydes is 1. The molecule has 0 saturated carbocycles. The first-order valence-electron chi connectivity index (χ1n) is 3.82. The molecule has 0 aromatic carbocycles. The molecule has 72 valence electrons. The normalized spacial score (nSPS) is 8.69. The maximum atomic E-state index is 10.4. The van der Waals surface area contributed by atoms with Crippen LogP contribution >= 0.6 is 11.6 Å². The van der Waals surface area contributed by atoms with E-state index < -0.39 is 0 Å². The number of halogens is 1. The third kappa shape index (κ3) is 3.13. The van der Waals surface area contributed by atoms with Crippen molar-refractivity contribution in [2.45, 2.75) is 13.8 Å². The molecular weight excluding hydrogens is 188 g/mol. The van der Waals surface area contributed by atoms with Crippen LogP contribution < -0.4 is 5.73 Å². The van der Waals surface area contributed by atoms with Crippen molar-refractivity contribution >= 4 is 17.9 Å². The number of carbonyl (C=O) groups is 1. The molecule has 0 aliphatic heterocycles. The summed E-state index contributed by atoms with van der Waals surface area (Å²) in [7, 11) is 1.50. The summed E-state index contributed by atoms with van der Waals surface area (Å²) in [6.45, 7) is 3.75. The molecule has 0 bridgehead atoms. The average Bonchev–Trinajstić information content (AvgIpc) is 2.15.